The Labute approximate surface area is 317 Å². The molecular formula is C45H86O6. The molecule has 0 heterocycles. The molecule has 0 N–H and O–H groups in total. The van der Waals surface area contributed by atoms with E-state index in [2.05, 4.69) is 34.6 Å². The maximum absolute atomic E-state index is 12.6. The third-order valence-electron chi connectivity index (χ3n) is 10.7. The predicted molar refractivity (Wildman–Crippen MR) is 215 cm³/mol. The molecule has 0 spiro atoms. The summed E-state index contributed by atoms with van der Waals surface area (Å²) in [6.07, 6.45) is 35.4. The van der Waals surface area contributed by atoms with Gasteiger partial charge in [0.1, 0.15) is 13.2 Å². The van der Waals surface area contributed by atoms with E-state index in [1.807, 2.05) is 0 Å². The van der Waals surface area contributed by atoms with Gasteiger partial charge in [0.2, 0.25) is 0 Å². The monoisotopic (exact) mass is 723 g/mol. The van der Waals surface area contributed by atoms with Crippen LogP contribution in [0.1, 0.15) is 240 Å². The highest BCUT2D eigenvalue weighted by molar-refractivity contribution is 5.71. The van der Waals surface area contributed by atoms with Crippen LogP contribution in [0.25, 0.3) is 0 Å². The number of carbonyl (C=O) groups is 3. The molecule has 3 atom stereocenters. The molecule has 0 aromatic rings. The molecule has 0 aliphatic carbocycles. The lowest BCUT2D eigenvalue weighted by molar-refractivity contribution is -0.167. The van der Waals surface area contributed by atoms with Gasteiger partial charge in [0, 0.05) is 19.3 Å². The Hall–Kier alpha value is -1.59. The number of unbranched alkanes of at least 4 members (excludes halogenated alkanes) is 22. The average molecular weight is 723 g/mol. The summed E-state index contributed by atoms with van der Waals surface area (Å²) in [5, 5.41) is 0. The molecule has 0 fully saturated rings. The Morgan fingerprint density at radius 2 is 0.686 bits per heavy atom. The highest BCUT2D eigenvalue weighted by Gasteiger charge is 2.19. The van der Waals surface area contributed by atoms with Crippen molar-refractivity contribution in [3.63, 3.8) is 0 Å². The first-order chi connectivity index (χ1) is 24.8. The van der Waals surface area contributed by atoms with Crippen molar-refractivity contribution in [3.8, 4) is 0 Å². The highest BCUT2D eigenvalue weighted by atomic mass is 16.6. The number of esters is 3. The zero-order chi connectivity index (χ0) is 37.6. The van der Waals surface area contributed by atoms with Crippen molar-refractivity contribution < 1.29 is 28.6 Å². The Morgan fingerprint density at radius 3 is 1.02 bits per heavy atom. The zero-order valence-electron chi connectivity index (χ0n) is 34.7. The van der Waals surface area contributed by atoms with Crippen LogP contribution in [0.2, 0.25) is 0 Å². The van der Waals surface area contributed by atoms with E-state index in [0.29, 0.717) is 19.3 Å². The second-order valence-electron chi connectivity index (χ2n) is 15.8. The molecule has 0 rings (SSSR count). The van der Waals surface area contributed by atoms with Crippen molar-refractivity contribution in [2.45, 2.75) is 246 Å². The molecule has 0 radical (unpaired) electrons. The molecule has 0 amide bonds. The molecule has 0 aliphatic heterocycles. The largest absolute Gasteiger partial charge is 0.462 e. The van der Waals surface area contributed by atoms with E-state index in [1.165, 1.54) is 122 Å². The van der Waals surface area contributed by atoms with E-state index >= 15 is 0 Å². The molecule has 51 heavy (non-hydrogen) atoms. The summed E-state index contributed by atoms with van der Waals surface area (Å²) in [5.74, 6) is 0.830. The third-order valence-corrected chi connectivity index (χ3v) is 10.7. The van der Waals surface area contributed by atoms with Gasteiger partial charge in [0.25, 0.3) is 0 Å². The molecule has 0 saturated heterocycles. The molecule has 302 valence electrons. The molecule has 0 aromatic carbocycles. The minimum absolute atomic E-state index is 0.0667. The van der Waals surface area contributed by atoms with Crippen LogP contribution in [0.5, 0.6) is 0 Å². The normalized spacial score (nSPS) is 13.1. The van der Waals surface area contributed by atoms with Crippen molar-refractivity contribution >= 4 is 17.9 Å². The lowest BCUT2D eigenvalue weighted by Crippen LogP contribution is -2.30. The van der Waals surface area contributed by atoms with Crippen molar-refractivity contribution in [2.75, 3.05) is 13.2 Å². The molecule has 0 aliphatic rings. The summed E-state index contributed by atoms with van der Waals surface area (Å²) in [6, 6.07) is 0. The summed E-state index contributed by atoms with van der Waals surface area (Å²) < 4.78 is 16.6. The minimum Gasteiger partial charge on any atom is -0.462 e. The van der Waals surface area contributed by atoms with Crippen LogP contribution in [-0.4, -0.2) is 37.2 Å². The van der Waals surface area contributed by atoms with Gasteiger partial charge in [-0.2, -0.15) is 0 Å². The summed E-state index contributed by atoms with van der Waals surface area (Å²) in [6.45, 7) is 11.3. The summed E-state index contributed by atoms with van der Waals surface area (Å²) in [4.78, 5) is 37.4. The van der Waals surface area contributed by atoms with Crippen LogP contribution in [0.15, 0.2) is 0 Å². The number of carbonyl (C=O) groups excluding carboxylic acids is 3. The summed E-state index contributed by atoms with van der Waals surface area (Å²) in [5.41, 5.74) is 0. The first-order valence-electron chi connectivity index (χ1n) is 22.3. The van der Waals surface area contributed by atoms with Crippen molar-refractivity contribution in [1.82, 2.24) is 0 Å². The molecule has 0 saturated carbocycles. The smallest absolute Gasteiger partial charge is 0.306 e. The van der Waals surface area contributed by atoms with E-state index in [1.54, 1.807) is 0 Å². The van der Waals surface area contributed by atoms with Gasteiger partial charge in [0.05, 0.1) is 0 Å². The Balaban J connectivity index is 4.14. The maximum Gasteiger partial charge on any atom is 0.306 e. The summed E-state index contributed by atoms with van der Waals surface area (Å²) >= 11 is 0. The van der Waals surface area contributed by atoms with Crippen LogP contribution in [-0.2, 0) is 28.6 Å². The average Bonchev–Trinajstić information content (AvgIpc) is 3.13. The van der Waals surface area contributed by atoms with Gasteiger partial charge in [-0.25, -0.2) is 0 Å². The van der Waals surface area contributed by atoms with Crippen molar-refractivity contribution in [2.24, 2.45) is 11.8 Å². The molecule has 6 heteroatoms. The third kappa shape index (κ3) is 36.6. The topological polar surface area (TPSA) is 78.9 Å². The van der Waals surface area contributed by atoms with Gasteiger partial charge in [-0.05, 0) is 31.1 Å². The lowest BCUT2D eigenvalue weighted by atomic mass is 9.99. The maximum atomic E-state index is 12.6. The SMILES string of the molecule is CCCCCCCC(=O)OC[C@@H](COC(=O)CCCCCCCCCCCCCCCCC(C)CC)OC(=O)CCCCCCCCC(C)CC. The second-order valence-corrected chi connectivity index (χ2v) is 15.8. The molecule has 0 bridgehead atoms. The fourth-order valence-electron chi connectivity index (χ4n) is 6.51. The predicted octanol–water partition coefficient (Wildman–Crippen LogP) is 13.8. The molecular weight excluding hydrogens is 636 g/mol. The second kappa shape index (κ2) is 38.1. The van der Waals surface area contributed by atoms with E-state index < -0.39 is 6.10 Å². The molecule has 6 nitrogen and oxygen atoms in total. The quantitative estimate of drug-likeness (QED) is 0.0357. The highest BCUT2D eigenvalue weighted by Crippen LogP contribution is 2.17. The Kier molecular flexibility index (Phi) is 37.0. The van der Waals surface area contributed by atoms with Crippen molar-refractivity contribution in [3.05, 3.63) is 0 Å². The van der Waals surface area contributed by atoms with Crippen molar-refractivity contribution in [1.29, 1.82) is 0 Å². The van der Waals surface area contributed by atoms with E-state index in [0.717, 1.165) is 76.0 Å². The fourth-order valence-corrected chi connectivity index (χ4v) is 6.51. The first-order valence-corrected chi connectivity index (χ1v) is 22.3. The Bertz CT molecular complexity index is 783. The van der Waals surface area contributed by atoms with E-state index in [9.17, 15) is 14.4 Å². The van der Waals surface area contributed by atoms with Gasteiger partial charge in [-0.1, -0.05) is 202 Å². The zero-order valence-corrected chi connectivity index (χ0v) is 34.7. The molecule has 2 unspecified atom stereocenters. The van der Waals surface area contributed by atoms with Gasteiger partial charge in [-0.15, -0.1) is 0 Å². The number of hydrogen-bond donors (Lipinski definition) is 0. The van der Waals surface area contributed by atoms with Crippen LogP contribution < -0.4 is 0 Å². The van der Waals surface area contributed by atoms with Crippen LogP contribution in [0, 0.1) is 11.8 Å². The van der Waals surface area contributed by atoms with Gasteiger partial charge in [0.15, 0.2) is 6.10 Å². The van der Waals surface area contributed by atoms with Gasteiger partial charge < -0.3 is 14.2 Å². The van der Waals surface area contributed by atoms with E-state index in [-0.39, 0.29) is 31.1 Å². The van der Waals surface area contributed by atoms with Gasteiger partial charge in [-0.3, -0.25) is 14.4 Å². The first kappa shape index (κ1) is 49.4. The summed E-state index contributed by atoms with van der Waals surface area (Å²) in [7, 11) is 0. The Morgan fingerprint density at radius 1 is 0.392 bits per heavy atom. The van der Waals surface area contributed by atoms with Crippen LogP contribution >= 0.6 is 0 Å². The fraction of sp³-hybridized carbons (Fsp3) is 0.933. The van der Waals surface area contributed by atoms with Gasteiger partial charge >= 0.3 is 17.9 Å². The van der Waals surface area contributed by atoms with Crippen LogP contribution in [0.4, 0.5) is 0 Å². The lowest BCUT2D eigenvalue weighted by Gasteiger charge is -2.18. The number of hydrogen-bond acceptors (Lipinski definition) is 6. The molecule has 0 aromatic heterocycles. The van der Waals surface area contributed by atoms with Crippen LogP contribution in [0.3, 0.4) is 0 Å². The number of ether oxygens (including phenoxy) is 3. The van der Waals surface area contributed by atoms with E-state index in [4.69, 9.17) is 14.2 Å². The minimum atomic E-state index is -0.759. The number of rotatable bonds is 39. The standard InChI is InChI=1S/C45H86O6/c1-6-9-10-23-30-35-43(46)49-38-42(51-45(48)37-32-27-22-21-25-29-34-41(5)8-3)39-50-44(47)36-31-26-20-18-16-14-12-11-13-15-17-19-24-28-33-40(4)7-2/h40-42H,6-39H2,1-5H3/t40?,41?,42-/m0/s1.